The van der Waals surface area contributed by atoms with Gasteiger partial charge in [0.15, 0.2) is 5.78 Å². The van der Waals surface area contributed by atoms with Crippen LogP contribution in [0.4, 0.5) is 5.69 Å². The Bertz CT molecular complexity index is 637. The number of hydrogen-bond donors (Lipinski definition) is 1. The predicted molar refractivity (Wildman–Crippen MR) is 81.8 cm³/mol. The monoisotopic (exact) mass is 289 g/mol. The van der Waals surface area contributed by atoms with E-state index in [1.54, 1.807) is 37.4 Å². The minimum atomic E-state index is -0.179. The van der Waals surface area contributed by atoms with Crippen LogP contribution in [0.2, 0.25) is 5.02 Å². The van der Waals surface area contributed by atoms with Gasteiger partial charge < -0.3 is 10.5 Å². The van der Waals surface area contributed by atoms with E-state index in [4.69, 9.17) is 22.1 Å². The highest BCUT2D eigenvalue weighted by Crippen LogP contribution is 2.29. The summed E-state index contributed by atoms with van der Waals surface area (Å²) in [6, 6.07) is 8.63. The standard InChI is InChI=1S/C16H16ClNO2/c1-9-7-11(8-10(2)16(9)20-3)15(19)14-12(17)5-4-6-13(14)18/h4-8H,18H2,1-3H3. The van der Waals surface area contributed by atoms with Crippen LogP contribution in [0.5, 0.6) is 5.75 Å². The molecule has 0 saturated carbocycles. The summed E-state index contributed by atoms with van der Waals surface area (Å²) in [5.74, 6) is 0.607. The molecule has 0 heterocycles. The number of ether oxygens (including phenoxy) is 1. The molecular weight excluding hydrogens is 274 g/mol. The number of ketones is 1. The maximum atomic E-state index is 12.6. The second-order valence-electron chi connectivity index (χ2n) is 4.68. The molecule has 2 aromatic carbocycles. The lowest BCUT2D eigenvalue weighted by Gasteiger charge is -2.12. The first kappa shape index (κ1) is 14.4. The number of aryl methyl sites for hydroxylation is 2. The number of carbonyl (C=O) groups excluding carboxylic acids is 1. The van der Waals surface area contributed by atoms with Gasteiger partial charge in [0.25, 0.3) is 0 Å². The SMILES string of the molecule is COc1c(C)cc(C(=O)c2c(N)cccc2Cl)cc1C. The number of nitrogen functional groups attached to an aromatic ring is 1. The van der Waals surface area contributed by atoms with Crippen LogP contribution in [-0.4, -0.2) is 12.9 Å². The van der Waals surface area contributed by atoms with Crippen molar-refractivity contribution in [1.29, 1.82) is 0 Å². The van der Waals surface area contributed by atoms with Crippen molar-refractivity contribution < 1.29 is 9.53 Å². The minimum Gasteiger partial charge on any atom is -0.496 e. The van der Waals surface area contributed by atoms with Gasteiger partial charge in [0.05, 0.1) is 17.7 Å². The lowest BCUT2D eigenvalue weighted by molar-refractivity contribution is 0.103. The molecule has 104 valence electrons. The highest BCUT2D eigenvalue weighted by atomic mass is 35.5. The van der Waals surface area contributed by atoms with E-state index in [1.807, 2.05) is 13.8 Å². The zero-order valence-corrected chi connectivity index (χ0v) is 12.4. The largest absolute Gasteiger partial charge is 0.496 e. The fraction of sp³-hybridized carbons (Fsp3) is 0.188. The molecule has 0 spiro atoms. The van der Waals surface area contributed by atoms with E-state index < -0.39 is 0 Å². The van der Waals surface area contributed by atoms with Gasteiger partial charge in [-0.05, 0) is 49.2 Å². The summed E-state index contributed by atoms with van der Waals surface area (Å²) in [7, 11) is 1.61. The van der Waals surface area contributed by atoms with Crippen LogP contribution in [0, 0.1) is 13.8 Å². The van der Waals surface area contributed by atoms with Crippen molar-refractivity contribution in [2.75, 3.05) is 12.8 Å². The zero-order valence-electron chi connectivity index (χ0n) is 11.7. The summed E-state index contributed by atoms with van der Waals surface area (Å²) in [5.41, 5.74) is 8.95. The quantitative estimate of drug-likeness (QED) is 0.691. The Morgan fingerprint density at radius 2 is 1.80 bits per heavy atom. The molecule has 0 atom stereocenters. The van der Waals surface area contributed by atoms with Gasteiger partial charge in [-0.15, -0.1) is 0 Å². The molecule has 0 fully saturated rings. The van der Waals surface area contributed by atoms with Crippen LogP contribution in [0.1, 0.15) is 27.0 Å². The fourth-order valence-electron chi connectivity index (χ4n) is 2.33. The normalized spacial score (nSPS) is 10.4. The van der Waals surface area contributed by atoms with Crippen molar-refractivity contribution >= 4 is 23.1 Å². The van der Waals surface area contributed by atoms with Crippen LogP contribution in [0.25, 0.3) is 0 Å². The van der Waals surface area contributed by atoms with Crippen LogP contribution in [0.15, 0.2) is 30.3 Å². The lowest BCUT2D eigenvalue weighted by Crippen LogP contribution is -2.07. The Morgan fingerprint density at radius 1 is 1.20 bits per heavy atom. The van der Waals surface area contributed by atoms with Crippen molar-refractivity contribution in [3.05, 3.63) is 57.6 Å². The summed E-state index contributed by atoms with van der Waals surface area (Å²) in [6.45, 7) is 3.80. The molecular formula is C16H16ClNO2. The fourth-order valence-corrected chi connectivity index (χ4v) is 2.60. The van der Waals surface area contributed by atoms with Crippen molar-refractivity contribution in [2.24, 2.45) is 0 Å². The maximum absolute atomic E-state index is 12.6. The predicted octanol–water partition coefficient (Wildman–Crippen LogP) is 3.78. The summed E-state index contributed by atoms with van der Waals surface area (Å²) in [6.07, 6.45) is 0. The average Bonchev–Trinajstić information content (AvgIpc) is 2.37. The van der Waals surface area contributed by atoms with Gasteiger partial charge in [-0.1, -0.05) is 17.7 Å². The van der Waals surface area contributed by atoms with Gasteiger partial charge >= 0.3 is 0 Å². The molecule has 2 rings (SSSR count). The van der Waals surface area contributed by atoms with Gasteiger partial charge in [0.1, 0.15) is 5.75 Å². The van der Waals surface area contributed by atoms with E-state index in [0.29, 0.717) is 21.8 Å². The van der Waals surface area contributed by atoms with E-state index >= 15 is 0 Å². The van der Waals surface area contributed by atoms with Crippen LogP contribution in [0.3, 0.4) is 0 Å². The third-order valence-corrected chi connectivity index (χ3v) is 3.51. The number of hydrogen-bond acceptors (Lipinski definition) is 3. The number of methoxy groups -OCH3 is 1. The lowest BCUT2D eigenvalue weighted by atomic mass is 9.97. The first-order valence-electron chi connectivity index (χ1n) is 6.19. The third kappa shape index (κ3) is 2.49. The molecule has 0 aliphatic rings. The molecule has 20 heavy (non-hydrogen) atoms. The summed E-state index contributed by atoms with van der Waals surface area (Å²) in [5, 5.41) is 0.362. The van der Waals surface area contributed by atoms with Gasteiger partial charge in [0.2, 0.25) is 0 Å². The molecule has 3 nitrogen and oxygen atoms in total. The first-order chi connectivity index (χ1) is 9.45. The molecule has 0 radical (unpaired) electrons. The second-order valence-corrected chi connectivity index (χ2v) is 5.08. The van der Waals surface area contributed by atoms with E-state index in [9.17, 15) is 4.79 Å². The molecule has 2 aromatic rings. The topological polar surface area (TPSA) is 52.3 Å². The Hall–Kier alpha value is -2.00. The second kappa shape index (κ2) is 5.55. The Morgan fingerprint density at radius 3 is 2.30 bits per heavy atom. The number of nitrogens with two attached hydrogens (primary N) is 1. The minimum absolute atomic E-state index is 0.179. The molecule has 0 unspecified atom stereocenters. The van der Waals surface area contributed by atoms with Gasteiger partial charge in [0, 0.05) is 11.3 Å². The molecule has 0 aromatic heterocycles. The molecule has 0 bridgehead atoms. The highest BCUT2D eigenvalue weighted by Gasteiger charge is 2.18. The molecule has 0 aliphatic heterocycles. The van der Waals surface area contributed by atoms with E-state index in [1.165, 1.54) is 0 Å². The molecule has 0 aliphatic carbocycles. The Labute approximate surface area is 123 Å². The zero-order chi connectivity index (χ0) is 14.9. The number of rotatable bonds is 3. The Kier molecular flexibility index (Phi) is 4.00. The van der Waals surface area contributed by atoms with E-state index in [0.717, 1.165) is 16.9 Å². The van der Waals surface area contributed by atoms with E-state index in [-0.39, 0.29) is 5.78 Å². The molecule has 0 saturated heterocycles. The van der Waals surface area contributed by atoms with Gasteiger partial charge in [-0.3, -0.25) is 4.79 Å². The highest BCUT2D eigenvalue weighted by molar-refractivity contribution is 6.35. The van der Waals surface area contributed by atoms with Gasteiger partial charge in [-0.2, -0.15) is 0 Å². The number of carbonyl (C=O) groups is 1. The Balaban J connectivity index is 2.55. The third-order valence-electron chi connectivity index (χ3n) is 3.20. The number of benzene rings is 2. The van der Waals surface area contributed by atoms with Crippen LogP contribution in [-0.2, 0) is 0 Å². The molecule has 2 N–H and O–H groups in total. The molecule has 0 amide bonds. The van der Waals surface area contributed by atoms with E-state index in [2.05, 4.69) is 0 Å². The average molecular weight is 290 g/mol. The van der Waals surface area contributed by atoms with Crippen molar-refractivity contribution in [3.8, 4) is 5.75 Å². The summed E-state index contributed by atoms with van der Waals surface area (Å²) >= 11 is 6.09. The number of halogens is 1. The summed E-state index contributed by atoms with van der Waals surface area (Å²) < 4.78 is 5.30. The van der Waals surface area contributed by atoms with Crippen molar-refractivity contribution in [2.45, 2.75) is 13.8 Å². The van der Waals surface area contributed by atoms with Crippen molar-refractivity contribution in [1.82, 2.24) is 0 Å². The van der Waals surface area contributed by atoms with Crippen molar-refractivity contribution in [3.63, 3.8) is 0 Å². The smallest absolute Gasteiger partial charge is 0.196 e. The first-order valence-corrected chi connectivity index (χ1v) is 6.57. The van der Waals surface area contributed by atoms with Crippen LogP contribution >= 0.6 is 11.6 Å². The van der Waals surface area contributed by atoms with Gasteiger partial charge in [-0.25, -0.2) is 0 Å². The van der Waals surface area contributed by atoms with Crippen LogP contribution < -0.4 is 10.5 Å². The number of anilines is 1. The maximum Gasteiger partial charge on any atom is 0.196 e. The molecule has 4 heteroatoms. The summed E-state index contributed by atoms with van der Waals surface area (Å²) in [4.78, 5) is 12.6.